The van der Waals surface area contributed by atoms with E-state index in [1.54, 1.807) is 30.1 Å². The van der Waals surface area contributed by atoms with Crippen LogP contribution in [0.15, 0.2) is 53.7 Å². The molecule has 0 atom stereocenters. The fourth-order valence-electron chi connectivity index (χ4n) is 2.91. The number of nitrogens with zero attached hydrogens (tertiary/aromatic N) is 3. The molecule has 0 N–H and O–H groups in total. The summed E-state index contributed by atoms with van der Waals surface area (Å²) in [5, 5.41) is 5.55. The highest BCUT2D eigenvalue weighted by Crippen LogP contribution is 2.32. The number of ether oxygens (including phenoxy) is 1. The highest BCUT2D eigenvalue weighted by Gasteiger charge is 2.26. The molecule has 0 unspecified atom stereocenters. The van der Waals surface area contributed by atoms with Gasteiger partial charge in [-0.2, -0.15) is 9.40 Å². The molecule has 0 aliphatic heterocycles. The molecule has 25 heavy (non-hydrogen) atoms. The van der Waals surface area contributed by atoms with Crippen LogP contribution in [0.1, 0.15) is 12.5 Å². The van der Waals surface area contributed by atoms with Crippen molar-refractivity contribution in [1.82, 2.24) is 14.1 Å². The van der Waals surface area contributed by atoms with Crippen LogP contribution in [0.5, 0.6) is 5.75 Å². The third-order valence-electron chi connectivity index (χ3n) is 4.15. The Morgan fingerprint density at radius 2 is 1.88 bits per heavy atom. The molecule has 3 aromatic rings. The Morgan fingerprint density at radius 1 is 1.16 bits per heavy atom. The largest absolute Gasteiger partial charge is 0.496 e. The predicted octanol–water partition coefficient (Wildman–Crippen LogP) is 2.79. The van der Waals surface area contributed by atoms with Gasteiger partial charge in [0.25, 0.3) is 0 Å². The van der Waals surface area contributed by atoms with Gasteiger partial charge in [-0.05, 0) is 12.1 Å². The van der Waals surface area contributed by atoms with Crippen molar-refractivity contribution < 1.29 is 13.2 Å². The quantitative estimate of drug-likeness (QED) is 0.679. The van der Waals surface area contributed by atoms with Crippen molar-refractivity contribution >= 4 is 20.8 Å². The fraction of sp³-hybridized carbons (Fsp3) is 0.278. The number of aromatic nitrogens is 2. The molecule has 1 heterocycles. The average Bonchev–Trinajstić information content (AvgIpc) is 3.03. The van der Waals surface area contributed by atoms with Crippen molar-refractivity contribution in [1.29, 1.82) is 0 Å². The number of sulfonamides is 1. The van der Waals surface area contributed by atoms with Crippen molar-refractivity contribution in [2.24, 2.45) is 7.05 Å². The average molecular weight is 359 g/mol. The number of fused-ring (bicyclic) bond motifs is 1. The zero-order valence-electron chi connectivity index (χ0n) is 14.5. The van der Waals surface area contributed by atoms with E-state index in [1.807, 2.05) is 44.4 Å². The summed E-state index contributed by atoms with van der Waals surface area (Å²) >= 11 is 0. The Hall–Kier alpha value is -2.38. The van der Waals surface area contributed by atoms with Gasteiger partial charge in [-0.1, -0.05) is 31.2 Å². The summed E-state index contributed by atoms with van der Waals surface area (Å²) in [6.07, 6.45) is 3.51. The molecule has 7 heteroatoms. The summed E-state index contributed by atoms with van der Waals surface area (Å²) in [4.78, 5) is 0.287. The van der Waals surface area contributed by atoms with Gasteiger partial charge in [0.2, 0.25) is 10.0 Å². The van der Waals surface area contributed by atoms with Crippen LogP contribution in [0, 0.1) is 0 Å². The summed E-state index contributed by atoms with van der Waals surface area (Å²) < 4.78 is 35.0. The minimum atomic E-state index is -3.65. The molecule has 0 spiro atoms. The summed E-state index contributed by atoms with van der Waals surface area (Å²) in [5.41, 5.74) is 0.853. The van der Waals surface area contributed by atoms with Crippen molar-refractivity contribution in [2.75, 3.05) is 13.7 Å². The van der Waals surface area contributed by atoms with Crippen LogP contribution in [-0.4, -0.2) is 36.2 Å². The van der Waals surface area contributed by atoms with Gasteiger partial charge >= 0.3 is 0 Å². The number of methoxy groups -OCH3 is 1. The predicted molar refractivity (Wildman–Crippen MR) is 97.0 cm³/mol. The Bertz CT molecular complexity index is 996. The van der Waals surface area contributed by atoms with E-state index in [0.717, 1.165) is 10.9 Å². The smallest absolute Gasteiger partial charge is 0.243 e. The van der Waals surface area contributed by atoms with E-state index in [9.17, 15) is 8.42 Å². The number of rotatable bonds is 6. The van der Waals surface area contributed by atoms with Crippen molar-refractivity contribution in [2.45, 2.75) is 18.4 Å². The first-order valence-electron chi connectivity index (χ1n) is 8.00. The lowest BCUT2D eigenvalue weighted by Crippen LogP contribution is -2.30. The molecule has 0 saturated carbocycles. The van der Waals surface area contributed by atoms with Crippen LogP contribution in [0.2, 0.25) is 0 Å². The Morgan fingerprint density at radius 3 is 2.48 bits per heavy atom. The molecule has 0 amide bonds. The van der Waals surface area contributed by atoms with Crippen molar-refractivity contribution in [3.63, 3.8) is 0 Å². The number of benzene rings is 2. The molecule has 1 aromatic heterocycles. The molecule has 3 rings (SSSR count). The van der Waals surface area contributed by atoms with Crippen molar-refractivity contribution in [3.05, 3.63) is 54.4 Å². The summed E-state index contributed by atoms with van der Waals surface area (Å²) in [6, 6.07) is 10.7. The first-order valence-corrected chi connectivity index (χ1v) is 9.44. The van der Waals surface area contributed by atoms with E-state index in [4.69, 9.17) is 4.74 Å². The highest BCUT2D eigenvalue weighted by molar-refractivity contribution is 7.89. The molecule has 0 bridgehead atoms. The van der Waals surface area contributed by atoms with Gasteiger partial charge in [-0.25, -0.2) is 8.42 Å². The first kappa shape index (κ1) is 17.4. The van der Waals surface area contributed by atoms with Crippen LogP contribution in [0.3, 0.4) is 0 Å². The molecule has 0 fully saturated rings. The van der Waals surface area contributed by atoms with Gasteiger partial charge < -0.3 is 4.74 Å². The van der Waals surface area contributed by atoms with Crippen LogP contribution in [-0.2, 0) is 23.6 Å². The molecular formula is C18H21N3O3S. The van der Waals surface area contributed by atoms with E-state index in [0.29, 0.717) is 17.7 Å². The lowest BCUT2D eigenvalue weighted by Gasteiger charge is -2.21. The first-order chi connectivity index (χ1) is 12.0. The lowest BCUT2D eigenvalue weighted by molar-refractivity contribution is 0.418. The Kier molecular flexibility index (Phi) is 4.78. The SMILES string of the molecule is CCN(Cc1cnn(C)c1)S(=O)(=O)c1ccc(OC)c2ccccc12. The summed E-state index contributed by atoms with van der Waals surface area (Å²) in [5.74, 6) is 0.657. The van der Waals surface area contributed by atoms with E-state index >= 15 is 0 Å². The van der Waals surface area contributed by atoms with Gasteiger partial charge in [-0.3, -0.25) is 4.68 Å². The third-order valence-corrected chi connectivity index (χ3v) is 6.13. The van der Waals surface area contributed by atoms with Gasteiger partial charge in [0, 0.05) is 42.7 Å². The molecular weight excluding hydrogens is 338 g/mol. The zero-order chi connectivity index (χ0) is 18.0. The monoisotopic (exact) mass is 359 g/mol. The standard InChI is InChI=1S/C18H21N3O3S/c1-4-21(13-14-11-19-20(2)12-14)25(22,23)18-10-9-17(24-3)15-7-5-6-8-16(15)18/h5-12H,4,13H2,1-3H3. The van der Waals surface area contributed by atoms with Crippen LogP contribution in [0.4, 0.5) is 0 Å². The number of hydrogen-bond donors (Lipinski definition) is 0. The molecule has 132 valence electrons. The summed E-state index contributed by atoms with van der Waals surface area (Å²) in [7, 11) is -0.260. The minimum absolute atomic E-state index is 0.285. The van der Waals surface area contributed by atoms with E-state index in [2.05, 4.69) is 5.10 Å². The second-order valence-electron chi connectivity index (χ2n) is 5.77. The van der Waals surface area contributed by atoms with E-state index in [-0.39, 0.29) is 11.4 Å². The Labute approximate surface area is 147 Å². The topological polar surface area (TPSA) is 64.4 Å². The molecule has 0 aliphatic carbocycles. The van der Waals surface area contributed by atoms with E-state index < -0.39 is 10.0 Å². The number of aryl methyl sites for hydroxylation is 1. The third kappa shape index (κ3) is 3.25. The van der Waals surface area contributed by atoms with Crippen molar-refractivity contribution in [3.8, 4) is 5.75 Å². The number of hydrogen-bond acceptors (Lipinski definition) is 4. The molecule has 2 aromatic carbocycles. The minimum Gasteiger partial charge on any atom is -0.496 e. The normalized spacial score (nSPS) is 12.0. The van der Waals surface area contributed by atoms with Gasteiger partial charge in [0.05, 0.1) is 18.2 Å². The van der Waals surface area contributed by atoms with E-state index in [1.165, 1.54) is 4.31 Å². The second kappa shape index (κ2) is 6.85. The highest BCUT2D eigenvalue weighted by atomic mass is 32.2. The second-order valence-corrected chi connectivity index (χ2v) is 7.67. The molecule has 0 radical (unpaired) electrons. The van der Waals surface area contributed by atoms with Gasteiger partial charge in [0.15, 0.2) is 0 Å². The van der Waals surface area contributed by atoms with Gasteiger partial charge in [-0.15, -0.1) is 0 Å². The van der Waals surface area contributed by atoms with Crippen LogP contribution in [0.25, 0.3) is 10.8 Å². The van der Waals surface area contributed by atoms with Crippen LogP contribution < -0.4 is 4.74 Å². The molecule has 0 aliphatic rings. The summed E-state index contributed by atoms with van der Waals surface area (Å²) in [6.45, 7) is 2.49. The fourth-order valence-corrected chi connectivity index (χ4v) is 4.54. The maximum atomic E-state index is 13.2. The zero-order valence-corrected chi connectivity index (χ0v) is 15.3. The van der Waals surface area contributed by atoms with Crippen LogP contribution >= 0.6 is 0 Å². The molecule has 0 saturated heterocycles. The maximum absolute atomic E-state index is 13.2. The Balaban J connectivity index is 2.08. The lowest BCUT2D eigenvalue weighted by atomic mass is 10.1. The maximum Gasteiger partial charge on any atom is 0.243 e. The van der Waals surface area contributed by atoms with Gasteiger partial charge in [0.1, 0.15) is 5.75 Å². The molecule has 6 nitrogen and oxygen atoms in total.